The van der Waals surface area contributed by atoms with Crippen LogP contribution in [0.5, 0.6) is 17.2 Å². The number of benzene rings is 2. The van der Waals surface area contributed by atoms with Gasteiger partial charge in [-0.1, -0.05) is 6.07 Å². The minimum atomic E-state index is -0.420. The Morgan fingerprint density at radius 3 is 2.60 bits per heavy atom. The van der Waals surface area contributed by atoms with Gasteiger partial charge in [0.15, 0.2) is 11.5 Å². The largest absolute Gasteiger partial charge is 0.504 e. The summed E-state index contributed by atoms with van der Waals surface area (Å²) in [5, 5.41) is 9.75. The van der Waals surface area contributed by atoms with Crippen molar-refractivity contribution in [3.05, 3.63) is 65.2 Å². The van der Waals surface area contributed by atoms with Crippen molar-refractivity contribution in [2.24, 2.45) is 0 Å². The van der Waals surface area contributed by atoms with Crippen molar-refractivity contribution in [2.75, 3.05) is 13.7 Å². The number of aromatic hydroxyl groups is 1. The first-order valence-corrected chi connectivity index (χ1v) is 7.86. The van der Waals surface area contributed by atoms with Gasteiger partial charge in [0.25, 0.3) is 0 Å². The van der Waals surface area contributed by atoms with Crippen LogP contribution >= 0.6 is 0 Å². The first-order chi connectivity index (χ1) is 12.1. The zero-order chi connectivity index (χ0) is 17.8. The Morgan fingerprint density at radius 2 is 1.92 bits per heavy atom. The molecule has 1 N–H and O–H groups in total. The van der Waals surface area contributed by atoms with Crippen LogP contribution in [0, 0.1) is 0 Å². The summed E-state index contributed by atoms with van der Waals surface area (Å²) >= 11 is 0. The molecule has 0 saturated heterocycles. The molecular formula is C20H18O5. The average molecular weight is 338 g/mol. The molecule has 5 nitrogen and oxygen atoms in total. The van der Waals surface area contributed by atoms with Crippen molar-refractivity contribution in [2.45, 2.75) is 6.92 Å². The third-order valence-corrected chi connectivity index (χ3v) is 3.71. The molecule has 128 valence electrons. The molecular weight excluding hydrogens is 320 g/mol. The molecule has 0 aromatic heterocycles. The zero-order valence-corrected chi connectivity index (χ0v) is 14.0. The highest BCUT2D eigenvalue weighted by Gasteiger charge is 2.22. The van der Waals surface area contributed by atoms with Crippen molar-refractivity contribution in [3.63, 3.8) is 0 Å². The smallest absolute Gasteiger partial charge is 0.343 e. The molecule has 0 radical (unpaired) electrons. The molecule has 0 saturated carbocycles. The maximum absolute atomic E-state index is 12.1. The number of hydrogen-bond acceptors (Lipinski definition) is 5. The van der Waals surface area contributed by atoms with E-state index in [1.807, 2.05) is 19.1 Å². The lowest BCUT2D eigenvalue weighted by molar-refractivity contribution is -0.130. The standard InChI is InChI=1S/C20H18O5/c1-3-24-19-11-13(4-9-17(19)21)10-15-12-18(25-20(15)22)14-5-7-16(23-2)8-6-14/h4-12,21H,3H2,1-2H3. The minimum absolute atomic E-state index is 0.0625. The number of carbonyl (C=O) groups excluding carboxylic acids is 1. The second-order valence-electron chi connectivity index (χ2n) is 5.39. The van der Waals surface area contributed by atoms with E-state index in [4.69, 9.17) is 14.2 Å². The van der Waals surface area contributed by atoms with E-state index in [9.17, 15) is 9.90 Å². The molecule has 5 heteroatoms. The second kappa shape index (κ2) is 7.13. The summed E-state index contributed by atoms with van der Waals surface area (Å²) < 4.78 is 15.8. The number of carbonyl (C=O) groups is 1. The van der Waals surface area contributed by atoms with Crippen molar-refractivity contribution in [3.8, 4) is 17.2 Å². The van der Waals surface area contributed by atoms with Gasteiger partial charge in [-0.3, -0.25) is 0 Å². The molecule has 2 aromatic carbocycles. The zero-order valence-electron chi connectivity index (χ0n) is 14.0. The highest BCUT2D eigenvalue weighted by molar-refractivity contribution is 6.05. The Balaban J connectivity index is 1.88. The molecule has 25 heavy (non-hydrogen) atoms. The van der Waals surface area contributed by atoms with Gasteiger partial charge in [-0.2, -0.15) is 0 Å². The van der Waals surface area contributed by atoms with Crippen molar-refractivity contribution in [1.82, 2.24) is 0 Å². The number of ether oxygens (including phenoxy) is 3. The van der Waals surface area contributed by atoms with Gasteiger partial charge in [-0.05, 0) is 61.0 Å². The summed E-state index contributed by atoms with van der Waals surface area (Å²) in [5.41, 5.74) is 1.96. The lowest BCUT2D eigenvalue weighted by atomic mass is 10.1. The van der Waals surface area contributed by atoms with Crippen LogP contribution in [-0.2, 0) is 9.53 Å². The fourth-order valence-corrected chi connectivity index (χ4v) is 2.46. The Kier molecular flexibility index (Phi) is 4.75. The van der Waals surface area contributed by atoms with E-state index in [-0.39, 0.29) is 5.75 Å². The Bertz CT molecular complexity index is 847. The van der Waals surface area contributed by atoms with E-state index in [2.05, 4.69) is 0 Å². The molecule has 0 amide bonds. The van der Waals surface area contributed by atoms with Gasteiger partial charge in [0, 0.05) is 5.56 Å². The van der Waals surface area contributed by atoms with Crippen molar-refractivity contribution in [1.29, 1.82) is 0 Å². The maximum atomic E-state index is 12.1. The van der Waals surface area contributed by atoms with Gasteiger partial charge >= 0.3 is 5.97 Å². The van der Waals surface area contributed by atoms with Gasteiger partial charge in [0.1, 0.15) is 11.5 Å². The number of phenolic OH excluding ortho intramolecular Hbond substituents is 1. The first kappa shape index (κ1) is 16.6. The SMILES string of the molecule is CCOc1cc(C=C2C=C(c3ccc(OC)cc3)OC2=O)ccc1O. The Labute approximate surface area is 145 Å². The van der Waals surface area contributed by atoms with E-state index >= 15 is 0 Å². The summed E-state index contributed by atoms with van der Waals surface area (Å²) in [6.45, 7) is 2.28. The van der Waals surface area contributed by atoms with Gasteiger partial charge in [0.05, 0.1) is 19.3 Å². The molecule has 1 aliphatic heterocycles. The van der Waals surface area contributed by atoms with E-state index < -0.39 is 5.97 Å². The van der Waals surface area contributed by atoms with Crippen LogP contribution in [0.4, 0.5) is 0 Å². The maximum Gasteiger partial charge on any atom is 0.343 e. The highest BCUT2D eigenvalue weighted by atomic mass is 16.5. The number of hydrogen-bond donors (Lipinski definition) is 1. The third kappa shape index (κ3) is 3.66. The normalized spacial score (nSPS) is 15.0. The Morgan fingerprint density at radius 1 is 1.16 bits per heavy atom. The number of cyclic esters (lactones) is 1. The van der Waals surface area contributed by atoms with Gasteiger partial charge in [-0.25, -0.2) is 4.79 Å². The van der Waals surface area contributed by atoms with Gasteiger partial charge in [-0.15, -0.1) is 0 Å². The average Bonchev–Trinajstić information content (AvgIpc) is 2.99. The summed E-state index contributed by atoms with van der Waals surface area (Å²) in [4.78, 5) is 12.1. The quantitative estimate of drug-likeness (QED) is 0.664. The number of rotatable bonds is 5. The van der Waals surface area contributed by atoms with Crippen LogP contribution in [0.15, 0.2) is 54.1 Å². The minimum Gasteiger partial charge on any atom is -0.504 e. The molecule has 1 heterocycles. The van der Waals surface area contributed by atoms with E-state index in [1.165, 1.54) is 6.07 Å². The van der Waals surface area contributed by atoms with Gasteiger partial charge < -0.3 is 19.3 Å². The lowest BCUT2D eigenvalue weighted by Gasteiger charge is -2.06. The van der Waals surface area contributed by atoms with Crippen LogP contribution in [0.25, 0.3) is 11.8 Å². The molecule has 2 aromatic rings. The molecule has 0 unspecified atom stereocenters. The topological polar surface area (TPSA) is 65.0 Å². The highest BCUT2D eigenvalue weighted by Crippen LogP contribution is 2.31. The summed E-state index contributed by atoms with van der Waals surface area (Å²) in [5.74, 6) is 1.24. The monoisotopic (exact) mass is 338 g/mol. The van der Waals surface area contributed by atoms with E-state index in [0.717, 1.165) is 16.9 Å². The molecule has 0 atom stereocenters. The Hall–Kier alpha value is -3.21. The molecule has 3 rings (SSSR count). The second-order valence-corrected chi connectivity index (χ2v) is 5.39. The molecule has 0 spiro atoms. The van der Waals surface area contributed by atoms with Crippen LogP contribution in [0.3, 0.4) is 0 Å². The predicted octanol–water partition coefficient (Wildman–Crippen LogP) is 3.78. The predicted molar refractivity (Wildman–Crippen MR) is 94.3 cm³/mol. The van der Waals surface area contributed by atoms with Crippen LogP contribution in [0.2, 0.25) is 0 Å². The first-order valence-electron chi connectivity index (χ1n) is 7.86. The van der Waals surface area contributed by atoms with Crippen LogP contribution in [0.1, 0.15) is 18.1 Å². The molecule has 0 bridgehead atoms. The summed E-state index contributed by atoms with van der Waals surface area (Å²) in [7, 11) is 1.60. The number of methoxy groups -OCH3 is 1. The summed E-state index contributed by atoms with van der Waals surface area (Å²) in [6, 6.07) is 12.2. The van der Waals surface area contributed by atoms with Crippen LogP contribution < -0.4 is 9.47 Å². The lowest BCUT2D eigenvalue weighted by Crippen LogP contribution is -1.97. The number of phenols is 1. The fourth-order valence-electron chi connectivity index (χ4n) is 2.46. The van der Waals surface area contributed by atoms with E-state index in [0.29, 0.717) is 23.7 Å². The van der Waals surface area contributed by atoms with Crippen molar-refractivity contribution < 1.29 is 24.1 Å². The molecule has 1 aliphatic rings. The summed E-state index contributed by atoms with van der Waals surface area (Å²) in [6.07, 6.45) is 3.39. The fraction of sp³-hybridized carbons (Fsp3) is 0.150. The molecule has 0 aliphatic carbocycles. The third-order valence-electron chi connectivity index (χ3n) is 3.71. The molecule has 0 fully saturated rings. The van der Waals surface area contributed by atoms with E-state index in [1.54, 1.807) is 43.5 Å². The van der Waals surface area contributed by atoms with Crippen molar-refractivity contribution >= 4 is 17.8 Å². The van der Waals surface area contributed by atoms with Crippen LogP contribution in [-0.4, -0.2) is 24.8 Å². The van der Waals surface area contributed by atoms with Gasteiger partial charge in [0.2, 0.25) is 0 Å². The number of esters is 1.